The highest BCUT2D eigenvalue weighted by atomic mass is 19.1. The van der Waals surface area contributed by atoms with E-state index < -0.39 is 40.4 Å². The molecule has 0 aliphatic heterocycles. The fourth-order valence-corrected chi connectivity index (χ4v) is 1.57. The summed E-state index contributed by atoms with van der Waals surface area (Å²) >= 11 is 0. The molecule has 0 saturated heterocycles. The molecule has 0 aromatic heterocycles. The number of carbonyl (C=O) groups is 1. The Morgan fingerprint density at radius 2 is 1.37 bits per heavy atom. The van der Waals surface area contributed by atoms with Crippen molar-refractivity contribution in [2.75, 3.05) is 5.32 Å². The van der Waals surface area contributed by atoms with Crippen molar-refractivity contribution in [1.29, 1.82) is 0 Å². The Kier molecular flexibility index (Phi) is 3.41. The zero-order valence-corrected chi connectivity index (χ0v) is 9.45. The van der Waals surface area contributed by atoms with Gasteiger partial charge in [-0.25, -0.2) is 18.0 Å². The Hall–Kier alpha value is -2.50. The van der Waals surface area contributed by atoms with Crippen LogP contribution < -0.4 is 5.32 Å². The van der Waals surface area contributed by atoms with Crippen molar-refractivity contribution >= 4 is 17.3 Å². The molecule has 0 heterocycles. The van der Waals surface area contributed by atoms with Crippen molar-refractivity contribution in [3.63, 3.8) is 0 Å². The molecule has 98 valence electrons. The van der Waals surface area contributed by atoms with Gasteiger partial charge in [0, 0.05) is 0 Å². The molecule has 0 spiro atoms. The van der Waals surface area contributed by atoms with E-state index in [4.69, 9.17) is 5.11 Å². The second kappa shape index (κ2) is 5.01. The predicted octanol–water partition coefficient (Wildman–Crippen LogP) is 3.55. The van der Waals surface area contributed by atoms with Gasteiger partial charge in [0.05, 0.1) is 11.3 Å². The van der Waals surface area contributed by atoms with Crippen LogP contribution in [-0.2, 0) is 0 Å². The molecule has 6 heteroatoms. The third kappa shape index (κ3) is 2.52. The number of hydrogen-bond donors (Lipinski definition) is 2. The number of carboxylic acid groups (broad SMARTS) is 1. The maximum atomic E-state index is 13.6. The monoisotopic (exact) mass is 267 g/mol. The maximum absolute atomic E-state index is 13.6. The van der Waals surface area contributed by atoms with Crippen molar-refractivity contribution in [3.05, 3.63) is 59.4 Å². The number of rotatable bonds is 3. The van der Waals surface area contributed by atoms with Crippen LogP contribution in [0.4, 0.5) is 24.5 Å². The molecule has 0 atom stereocenters. The summed E-state index contributed by atoms with van der Waals surface area (Å²) in [5.41, 5.74) is -1.50. The van der Waals surface area contributed by atoms with Gasteiger partial charge in [-0.1, -0.05) is 12.1 Å². The van der Waals surface area contributed by atoms with Crippen LogP contribution in [0.15, 0.2) is 36.4 Å². The van der Waals surface area contributed by atoms with Crippen LogP contribution in [0, 0.1) is 17.5 Å². The van der Waals surface area contributed by atoms with Crippen LogP contribution in [-0.4, -0.2) is 11.1 Å². The standard InChI is InChI=1S/C13H8F3NO2/c14-8-4-1-3-7(13(18)19)11(8)17-12-9(15)5-2-6-10(12)16/h1-6,17H,(H,18,19). The lowest BCUT2D eigenvalue weighted by atomic mass is 10.1. The Morgan fingerprint density at radius 3 is 1.89 bits per heavy atom. The van der Waals surface area contributed by atoms with Crippen LogP contribution in [0.25, 0.3) is 0 Å². The van der Waals surface area contributed by atoms with Gasteiger partial charge < -0.3 is 10.4 Å². The van der Waals surface area contributed by atoms with E-state index in [0.717, 1.165) is 30.3 Å². The molecule has 3 nitrogen and oxygen atoms in total. The first-order valence-corrected chi connectivity index (χ1v) is 5.23. The Bertz CT molecular complexity index is 624. The topological polar surface area (TPSA) is 49.3 Å². The number of aromatic carboxylic acids is 1. The Labute approximate surface area is 106 Å². The number of nitrogens with one attached hydrogen (secondary N) is 1. The van der Waals surface area contributed by atoms with Crippen molar-refractivity contribution in [2.24, 2.45) is 0 Å². The largest absolute Gasteiger partial charge is 0.478 e. The molecular weight excluding hydrogens is 259 g/mol. The molecule has 19 heavy (non-hydrogen) atoms. The van der Waals surface area contributed by atoms with E-state index in [0.29, 0.717) is 0 Å². The van der Waals surface area contributed by atoms with E-state index in [2.05, 4.69) is 5.32 Å². The zero-order chi connectivity index (χ0) is 14.0. The van der Waals surface area contributed by atoms with E-state index in [1.165, 1.54) is 6.07 Å². The van der Waals surface area contributed by atoms with Crippen LogP contribution in [0.5, 0.6) is 0 Å². The number of hydrogen-bond acceptors (Lipinski definition) is 2. The number of anilines is 2. The average molecular weight is 267 g/mol. The summed E-state index contributed by atoms with van der Waals surface area (Å²) in [6.07, 6.45) is 0. The van der Waals surface area contributed by atoms with Crippen molar-refractivity contribution in [3.8, 4) is 0 Å². The van der Waals surface area contributed by atoms with Crippen molar-refractivity contribution in [2.45, 2.75) is 0 Å². The first-order chi connectivity index (χ1) is 9.00. The van der Waals surface area contributed by atoms with Crippen molar-refractivity contribution in [1.82, 2.24) is 0 Å². The number of benzene rings is 2. The van der Waals surface area contributed by atoms with E-state index in [-0.39, 0.29) is 0 Å². The molecule has 2 aromatic rings. The Morgan fingerprint density at radius 1 is 0.895 bits per heavy atom. The normalized spacial score (nSPS) is 10.3. The minimum Gasteiger partial charge on any atom is -0.478 e. The Balaban J connectivity index is 2.52. The number of para-hydroxylation sites is 2. The summed E-state index contributed by atoms with van der Waals surface area (Å²) in [5.74, 6) is -4.21. The third-order valence-electron chi connectivity index (χ3n) is 2.46. The van der Waals surface area contributed by atoms with Gasteiger partial charge in [0.1, 0.15) is 23.1 Å². The molecule has 0 radical (unpaired) electrons. The van der Waals surface area contributed by atoms with Crippen LogP contribution in [0.2, 0.25) is 0 Å². The van der Waals surface area contributed by atoms with Crippen LogP contribution >= 0.6 is 0 Å². The molecule has 0 saturated carbocycles. The van der Waals surface area contributed by atoms with Gasteiger partial charge in [0.2, 0.25) is 0 Å². The lowest BCUT2D eigenvalue weighted by Gasteiger charge is -2.12. The summed E-state index contributed by atoms with van der Waals surface area (Å²) in [6, 6.07) is 6.43. The number of halogens is 3. The van der Waals surface area contributed by atoms with Crippen molar-refractivity contribution < 1.29 is 23.1 Å². The summed E-state index contributed by atoms with van der Waals surface area (Å²) in [5, 5.41) is 11.1. The van der Waals surface area contributed by atoms with Gasteiger partial charge in [-0.2, -0.15) is 0 Å². The molecule has 0 fully saturated rings. The van der Waals surface area contributed by atoms with E-state index in [1.807, 2.05) is 0 Å². The molecule has 0 aliphatic carbocycles. The highest BCUT2D eigenvalue weighted by Gasteiger charge is 2.17. The maximum Gasteiger partial charge on any atom is 0.337 e. The van der Waals surface area contributed by atoms with Gasteiger partial charge in [-0.3, -0.25) is 0 Å². The smallest absolute Gasteiger partial charge is 0.337 e. The van der Waals surface area contributed by atoms with E-state index >= 15 is 0 Å². The van der Waals surface area contributed by atoms with Gasteiger partial charge in [0.15, 0.2) is 0 Å². The molecular formula is C13H8F3NO2. The van der Waals surface area contributed by atoms with Gasteiger partial charge >= 0.3 is 5.97 Å². The third-order valence-corrected chi connectivity index (χ3v) is 2.46. The quantitative estimate of drug-likeness (QED) is 0.894. The van der Waals surface area contributed by atoms with Crippen LogP contribution in [0.1, 0.15) is 10.4 Å². The second-order valence-electron chi connectivity index (χ2n) is 3.69. The van der Waals surface area contributed by atoms with E-state index in [9.17, 15) is 18.0 Å². The summed E-state index contributed by atoms with van der Waals surface area (Å²) < 4.78 is 40.4. The minimum atomic E-state index is -1.40. The summed E-state index contributed by atoms with van der Waals surface area (Å²) in [7, 11) is 0. The molecule has 0 aliphatic rings. The minimum absolute atomic E-state index is 0.414. The fraction of sp³-hybridized carbons (Fsp3) is 0. The second-order valence-corrected chi connectivity index (χ2v) is 3.69. The van der Waals surface area contributed by atoms with Gasteiger partial charge in [-0.15, -0.1) is 0 Å². The first-order valence-electron chi connectivity index (χ1n) is 5.23. The van der Waals surface area contributed by atoms with E-state index in [1.54, 1.807) is 0 Å². The summed E-state index contributed by atoms with van der Waals surface area (Å²) in [6.45, 7) is 0. The van der Waals surface area contributed by atoms with Gasteiger partial charge in [0.25, 0.3) is 0 Å². The molecule has 0 amide bonds. The molecule has 2 rings (SSSR count). The zero-order valence-electron chi connectivity index (χ0n) is 9.45. The molecule has 0 unspecified atom stereocenters. The average Bonchev–Trinajstić information content (AvgIpc) is 2.35. The highest BCUT2D eigenvalue weighted by molar-refractivity contribution is 5.95. The summed E-state index contributed by atoms with van der Waals surface area (Å²) in [4.78, 5) is 10.9. The van der Waals surface area contributed by atoms with Gasteiger partial charge in [-0.05, 0) is 24.3 Å². The van der Waals surface area contributed by atoms with Crippen LogP contribution in [0.3, 0.4) is 0 Å². The predicted molar refractivity (Wildman–Crippen MR) is 63.0 cm³/mol. The first kappa shape index (κ1) is 12.9. The molecule has 2 aromatic carbocycles. The molecule has 2 N–H and O–H groups in total. The lowest BCUT2D eigenvalue weighted by Crippen LogP contribution is -2.06. The SMILES string of the molecule is O=C(O)c1cccc(F)c1Nc1c(F)cccc1F. The molecule has 0 bridgehead atoms. The lowest BCUT2D eigenvalue weighted by molar-refractivity contribution is 0.0697. The fourth-order valence-electron chi connectivity index (χ4n) is 1.57. The highest BCUT2D eigenvalue weighted by Crippen LogP contribution is 2.27. The number of carboxylic acids is 1.